The molecule has 2 N–H and O–H groups in total. The van der Waals surface area contributed by atoms with Gasteiger partial charge in [-0.2, -0.15) is 0 Å². The second kappa shape index (κ2) is 5.60. The maximum absolute atomic E-state index is 11.8. The number of Topliss-reactive ketones (excluding diaryl/α,β-unsaturated/α-hetero) is 1. The van der Waals surface area contributed by atoms with Crippen LogP contribution in [0.15, 0.2) is 42.5 Å². The molecule has 0 aliphatic rings. The molecule has 0 saturated carbocycles. The van der Waals surface area contributed by atoms with Crippen LogP contribution in [0, 0.1) is 0 Å². The molecule has 2 aromatic rings. The third kappa shape index (κ3) is 2.92. The lowest BCUT2D eigenvalue weighted by Crippen LogP contribution is -2.07. The Hall–Kier alpha value is -1.67. The summed E-state index contributed by atoms with van der Waals surface area (Å²) in [4.78, 5) is 11.8. The Morgan fingerprint density at radius 3 is 2.65 bits per heavy atom. The minimum atomic E-state index is 0.270. The third-order valence-electron chi connectivity index (χ3n) is 2.93. The fraction of sp³-hybridized carbons (Fsp3) is 0.267. The van der Waals surface area contributed by atoms with E-state index >= 15 is 0 Å². The zero-order chi connectivity index (χ0) is 12.1. The van der Waals surface area contributed by atoms with Crippen LogP contribution in [0.2, 0.25) is 0 Å². The van der Waals surface area contributed by atoms with Gasteiger partial charge in [0.15, 0.2) is 0 Å². The second-order valence-corrected chi connectivity index (χ2v) is 4.25. The average Bonchev–Trinajstić information content (AvgIpc) is 2.37. The number of ketones is 1. The molecular weight excluding hydrogens is 210 g/mol. The molecule has 2 aromatic carbocycles. The number of hydrogen-bond donors (Lipinski definition) is 1. The van der Waals surface area contributed by atoms with Gasteiger partial charge < -0.3 is 5.73 Å². The summed E-state index contributed by atoms with van der Waals surface area (Å²) in [5.74, 6) is 0.270. The smallest absolute Gasteiger partial charge is 0.137 e. The Morgan fingerprint density at radius 2 is 1.82 bits per heavy atom. The monoisotopic (exact) mass is 227 g/mol. The highest BCUT2D eigenvalue weighted by Crippen LogP contribution is 2.19. The van der Waals surface area contributed by atoms with Crippen molar-refractivity contribution in [3.63, 3.8) is 0 Å². The number of carbonyl (C=O) groups is 1. The highest BCUT2D eigenvalue weighted by Gasteiger charge is 2.06. The van der Waals surface area contributed by atoms with Crippen molar-refractivity contribution < 1.29 is 4.79 Å². The standard InChI is InChI=1S/C15H17NO/c16-10-4-8-14(17)11-13-7-3-6-12-5-1-2-9-15(12)13/h1-3,5-7,9H,4,8,10-11,16H2. The van der Waals surface area contributed by atoms with Crippen molar-refractivity contribution in [1.29, 1.82) is 0 Å². The molecule has 0 heterocycles. The van der Waals surface area contributed by atoms with Crippen molar-refractivity contribution in [3.8, 4) is 0 Å². The number of hydrogen-bond acceptors (Lipinski definition) is 2. The van der Waals surface area contributed by atoms with Crippen LogP contribution in [0.25, 0.3) is 10.8 Å². The van der Waals surface area contributed by atoms with Gasteiger partial charge in [-0.3, -0.25) is 4.79 Å². The Balaban J connectivity index is 2.21. The van der Waals surface area contributed by atoms with Gasteiger partial charge in [0.05, 0.1) is 0 Å². The molecule has 2 heteroatoms. The SMILES string of the molecule is NCCCC(=O)Cc1cccc2ccccc12. The van der Waals surface area contributed by atoms with Gasteiger partial charge in [0.2, 0.25) is 0 Å². The first-order valence-corrected chi connectivity index (χ1v) is 5.99. The van der Waals surface area contributed by atoms with Gasteiger partial charge in [0.1, 0.15) is 5.78 Å². The molecule has 88 valence electrons. The van der Waals surface area contributed by atoms with Gasteiger partial charge >= 0.3 is 0 Å². The summed E-state index contributed by atoms with van der Waals surface area (Å²) in [5, 5.41) is 2.37. The first-order chi connectivity index (χ1) is 8.31. The molecule has 17 heavy (non-hydrogen) atoms. The molecule has 0 saturated heterocycles. The molecule has 0 spiro atoms. The Kier molecular flexibility index (Phi) is 3.89. The normalized spacial score (nSPS) is 10.6. The van der Waals surface area contributed by atoms with E-state index in [2.05, 4.69) is 18.2 Å². The summed E-state index contributed by atoms with van der Waals surface area (Å²) in [7, 11) is 0. The van der Waals surface area contributed by atoms with Crippen molar-refractivity contribution in [2.24, 2.45) is 5.73 Å². The van der Waals surface area contributed by atoms with E-state index in [0.29, 0.717) is 19.4 Å². The molecule has 0 amide bonds. The minimum Gasteiger partial charge on any atom is -0.330 e. The number of fused-ring (bicyclic) bond motifs is 1. The lowest BCUT2D eigenvalue weighted by Gasteiger charge is -2.05. The largest absolute Gasteiger partial charge is 0.330 e. The van der Waals surface area contributed by atoms with Gasteiger partial charge in [-0.15, -0.1) is 0 Å². The van der Waals surface area contributed by atoms with Gasteiger partial charge in [-0.1, -0.05) is 42.5 Å². The van der Waals surface area contributed by atoms with Gasteiger partial charge in [0.25, 0.3) is 0 Å². The third-order valence-corrected chi connectivity index (χ3v) is 2.93. The molecule has 0 aliphatic heterocycles. The summed E-state index contributed by atoms with van der Waals surface area (Å²) in [5.41, 5.74) is 6.52. The van der Waals surface area contributed by atoms with Crippen LogP contribution < -0.4 is 5.73 Å². The molecule has 0 aromatic heterocycles. The topological polar surface area (TPSA) is 43.1 Å². The lowest BCUT2D eigenvalue weighted by atomic mass is 9.99. The van der Waals surface area contributed by atoms with Crippen molar-refractivity contribution >= 4 is 16.6 Å². The first kappa shape index (κ1) is 11.8. The van der Waals surface area contributed by atoms with E-state index in [0.717, 1.165) is 12.0 Å². The minimum absolute atomic E-state index is 0.270. The van der Waals surface area contributed by atoms with Gasteiger partial charge in [-0.05, 0) is 29.3 Å². The fourth-order valence-corrected chi connectivity index (χ4v) is 2.05. The van der Waals surface area contributed by atoms with Crippen LogP contribution in [-0.2, 0) is 11.2 Å². The molecule has 0 fully saturated rings. The summed E-state index contributed by atoms with van der Waals surface area (Å²) in [6, 6.07) is 14.3. The van der Waals surface area contributed by atoms with Crippen molar-refractivity contribution in [2.75, 3.05) is 6.54 Å². The number of carbonyl (C=O) groups excluding carboxylic acids is 1. The van der Waals surface area contributed by atoms with E-state index in [1.165, 1.54) is 10.8 Å². The van der Waals surface area contributed by atoms with Crippen LogP contribution in [0.1, 0.15) is 18.4 Å². The van der Waals surface area contributed by atoms with E-state index in [1.54, 1.807) is 0 Å². The predicted molar refractivity (Wildman–Crippen MR) is 70.9 cm³/mol. The lowest BCUT2D eigenvalue weighted by molar-refractivity contribution is -0.118. The van der Waals surface area contributed by atoms with Crippen molar-refractivity contribution in [2.45, 2.75) is 19.3 Å². The average molecular weight is 227 g/mol. The van der Waals surface area contributed by atoms with Gasteiger partial charge in [0, 0.05) is 12.8 Å². The van der Waals surface area contributed by atoms with Crippen molar-refractivity contribution in [1.82, 2.24) is 0 Å². The number of rotatable bonds is 5. The summed E-state index contributed by atoms with van der Waals surface area (Å²) in [6.07, 6.45) is 1.88. The quantitative estimate of drug-likeness (QED) is 0.853. The van der Waals surface area contributed by atoms with E-state index in [-0.39, 0.29) is 5.78 Å². The summed E-state index contributed by atoms with van der Waals surface area (Å²) >= 11 is 0. The highest BCUT2D eigenvalue weighted by atomic mass is 16.1. The Morgan fingerprint density at radius 1 is 1.06 bits per heavy atom. The van der Waals surface area contributed by atoms with Crippen molar-refractivity contribution in [3.05, 3.63) is 48.0 Å². The molecule has 0 aliphatic carbocycles. The van der Waals surface area contributed by atoms with E-state index in [9.17, 15) is 4.79 Å². The molecule has 2 rings (SSSR count). The van der Waals surface area contributed by atoms with Crippen LogP contribution in [-0.4, -0.2) is 12.3 Å². The van der Waals surface area contributed by atoms with E-state index < -0.39 is 0 Å². The molecule has 0 atom stereocenters. The van der Waals surface area contributed by atoms with Crippen LogP contribution in [0.4, 0.5) is 0 Å². The van der Waals surface area contributed by atoms with E-state index in [4.69, 9.17) is 5.73 Å². The Bertz CT molecular complexity index is 514. The number of benzene rings is 2. The second-order valence-electron chi connectivity index (χ2n) is 4.25. The van der Waals surface area contributed by atoms with Crippen LogP contribution in [0.5, 0.6) is 0 Å². The summed E-state index contributed by atoms with van der Waals surface area (Å²) < 4.78 is 0. The maximum atomic E-state index is 11.8. The first-order valence-electron chi connectivity index (χ1n) is 5.99. The zero-order valence-corrected chi connectivity index (χ0v) is 9.86. The molecular formula is C15H17NO. The van der Waals surface area contributed by atoms with E-state index in [1.807, 2.05) is 24.3 Å². The number of nitrogens with two attached hydrogens (primary N) is 1. The van der Waals surface area contributed by atoms with Gasteiger partial charge in [-0.25, -0.2) is 0 Å². The molecule has 0 radical (unpaired) electrons. The zero-order valence-electron chi connectivity index (χ0n) is 9.86. The fourth-order valence-electron chi connectivity index (χ4n) is 2.05. The molecule has 0 unspecified atom stereocenters. The maximum Gasteiger partial charge on any atom is 0.137 e. The van der Waals surface area contributed by atoms with Crippen LogP contribution in [0.3, 0.4) is 0 Å². The highest BCUT2D eigenvalue weighted by molar-refractivity contribution is 5.90. The predicted octanol–water partition coefficient (Wildman–Crippen LogP) is 2.69. The summed E-state index contributed by atoms with van der Waals surface area (Å²) in [6.45, 7) is 0.585. The van der Waals surface area contributed by atoms with Crippen LogP contribution >= 0.6 is 0 Å². The molecule has 2 nitrogen and oxygen atoms in total. The Labute approximate surface area is 101 Å². The molecule has 0 bridgehead atoms.